The lowest BCUT2D eigenvalue weighted by Crippen LogP contribution is -2.58. The van der Waals surface area contributed by atoms with Crippen LogP contribution in [-0.4, -0.2) is 55.5 Å². The van der Waals surface area contributed by atoms with Gasteiger partial charge in [0.1, 0.15) is 11.6 Å². The monoisotopic (exact) mass is 608 g/mol. The fourth-order valence-electron chi connectivity index (χ4n) is 5.53. The average Bonchev–Trinajstić information content (AvgIpc) is 2.95. The molecule has 0 radical (unpaired) electrons. The number of amides is 1. The lowest BCUT2D eigenvalue weighted by molar-refractivity contribution is -0.128. The number of aromatic nitrogens is 4. The van der Waals surface area contributed by atoms with Crippen molar-refractivity contribution in [2.45, 2.75) is 52.6 Å². The maximum absolute atomic E-state index is 14.5. The van der Waals surface area contributed by atoms with E-state index in [-0.39, 0.29) is 45.3 Å². The van der Waals surface area contributed by atoms with Gasteiger partial charge in [0.15, 0.2) is 5.65 Å². The second-order valence-corrected chi connectivity index (χ2v) is 11.7. The molecule has 3 aromatic heterocycles. The van der Waals surface area contributed by atoms with Gasteiger partial charge in [-0.05, 0) is 56.5 Å². The number of nitrogens with zero attached hydrogens (tertiary/aromatic N) is 6. The molecule has 0 aliphatic carbocycles. The molecule has 4 aromatic rings. The Morgan fingerprint density at radius 2 is 1.88 bits per heavy atom. The minimum Gasteiger partial charge on any atom is -0.349 e. The Labute approximate surface area is 253 Å². The minimum absolute atomic E-state index is 0.0118. The molecule has 218 valence electrons. The van der Waals surface area contributed by atoms with E-state index in [4.69, 9.17) is 28.2 Å². The van der Waals surface area contributed by atoms with Gasteiger partial charge in [0.2, 0.25) is 5.91 Å². The van der Waals surface area contributed by atoms with Crippen molar-refractivity contribution in [3.63, 3.8) is 0 Å². The Bertz CT molecular complexity index is 1790. The van der Waals surface area contributed by atoms with Gasteiger partial charge in [0.25, 0.3) is 0 Å². The van der Waals surface area contributed by atoms with E-state index >= 15 is 0 Å². The first kappa shape index (κ1) is 29.7. The molecule has 1 amide bonds. The van der Waals surface area contributed by atoms with E-state index in [2.05, 4.69) is 16.5 Å². The quantitative estimate of drug-likeness (QED) is 0.246. The molecule has 42 heavy (non-hydrogen) atoms. The second kappa shape index (κ2) is 11.5. The van der Waals surface area contributed by atoms with Crippen molar-refractivity contribution >= 4 is 46.0 Å². The number of halogens is 3. The van der Waals surface area contributed by atoms with Crippen LogP contribution >= 0.6 is 23.2 Å². The number of hydrogen-bond acceptors (Lipinski definition) is 6. The van der Waals surface area contributed by atoms with Crippen molar-refractivity contribution in [3.05, 3.63) is 86.8 Å². The molecule has 1 aliphatic rings. The van der Waals surface area contributed by atoms with Crippen molar-refractivity contribution in [3.8, 4) is 16.9 Å². The summed E-state index contributed by atoms with van der Waals surface area (Å²) in [6, 6.07) is 7.58. The molecule has 0 N–H and O–H groups in total. The van der Waals surface area contributed by atoms with Crippen molar-refractivity contribution in [2.24, 2.45) is 0 Å². The molecule has 0 unspecified atom stereocenters. The van der Waals surface area contributed by atoms with E-state index in [1.54, 1.807) is 23.2 Å². The van der Waals surface area contributed by atoms with Crippen LogP contribution in [0.25, 0.3) is 28.0 Å². The van der Waals surface area contributed by atoms with E-state index in [1.165, 1.54) is 22.8 Å². The number of carbonyl (C=O) groups is 1. The van der Waals surface area contributed by atoms with Crippen molar-refractivity contribution in [1.82, 2.24) is 24.4 Å². The maximum Gasteiger partial charge on any atom is 0.355 e. The van der Waals surface area contributed by atoms with Crippen molar-refractivity contribution in [2.75, 3.05) is 18.0 Å². The number of piperazine rings is 1. The lowest BCUT2D eigenvalue weighted by atomic mass is 10.0. The van der Waals surface area contributed by atoms with Gasteiger partial charge >= 0.3 is 5.69 Å². The Kier molecular flexibility index (Phi) is 8.09. The first-order valence-electron chi connectivity index (χ1n) is 13.7. The molecular weight excluding hydrogens is 578 g/mol. The van der Waals surface area contributed by atoms with Gasteiger partial charge in [0, 0.05) is 36.9 Å². The molecule has 8 nitrogen and oxygen atoms in total. The number of aryl methyl sites for hydroxylation is 1. The van der Waals surface area contributed by atoms with Gasteiger partial charge < -0.3 is 9.80 Å². The summed E-state index contributed by atoms with van der Waals surface area (Å²) in [5, 5.41) is 0.619. The highest BCUT2D eigenvalue weighted by Gasteiger charge is 2.34. The highest BCUT2D eigenvalue weighted by atomic mass is 35.5. The zero-order chi connectivity index (χ0) is 30.5. The van der Waals surface area contributed by atoms with Gasteiger partial charge in [-0.1, -0.05) is 55.8 Å². The fraction of sp³-hybridized carbons (Fsp3) is 0.323. The van der Waals surface area contributed by atoms with Gasteiger partial charge in [-0.25, -0.2) is 18.7 Å². The summed E-state index contributed by atoms with van der Waals surface area (Å²) in [7, 11) is 0. The average molecular weight is 610 g/mol. The van der Waals surface area contributed by atoms with E-state index in [1.807, 2.05) is 45.6 Å². The summed E-state index contributed by atoms with van der Waals surface area (Å²) < 4.78 is 16.0. The number of anilines is 1. The third kappa shape index (κ3) is 5.05. The largest absolute Gasteiger partial charge is 0.355 e. The van der Waals surface area contributed by atoms with Crippen LogP contribution in [0.3, 0.4) is 0 Å². The van der Waals surface area contributed by atoms with Crippen molar-refractivity contribution < 1.29 is 9.18 Å². The van der Waals surface area contributed by atoms with Gasteiger partial charge in [0.05, 0.1) is 32.5 Å². The molecule has 1 saturated heterocycles. The van der Waals surface area contributed by atoms with Crippen LogP contribution in [0.1, 0.15) is 44.9 Å². The molecule has 1 aromatic carbocycles. The molecule has 0 saturated carbocycles. The van der Waals surface area contributed by atoms with Crippen LogP contribution < -0.4 is 10.6 Å². The third-order valence-electron chi connectivity index (χ3n) is 7.65. The Morgan fingerprint density at radius 3 is 2.57 bits per heavy atom. The molecule has 1 fully saturated rings. The third-order valence-corrected chi connectivity index (χ3v) is 8.32. The van der Waals surface area contributed by atoms with Crippen LogP contribution in [-0.2, 0) is 4.79 Å². The predicted molar refractivity (Wildman–Crippen MR) is 165 cm³/mol. The summed E-state index contributed by atoms with van der Waals surface area (Å²) in [6.07, 6.45) is 3.01. The predicted octanol–water partition coefficient (Wildman–Crippen LogP) is 6.33. The standard InChI is InChI=1S/C31H31Cl2FN6O2/c1-7-24(41)38-14-19(6)39(15-18(38)5)29-21-13-22(32)27(20-9-8-10-23(34)25(20)33)36-30(21)40(31(42)37-29)28-17(4)11-12-35-26(28)16(2)3/h7-13,16,18-19H,1,14-15H2,2-6H3/t18-,19+/m1/s1. The number of carbonyl (C=O) groups excluding carboxylic acids is 1. The smallest absolute Gasteiger partial charge is 0.349 e. The van der Waals surface area contributed by atoms with Crippen LogP contribution in [0, 0.1) is 12.7 Å². The van der Waals surface area contributed by atoms with Gasteiger partial charge in [-0.2, -0.15) is 4.98 Å². The molecule has 0 bridgehead atoms. The fourth-order valence-corrected chi connectivity index (χ4v) is 6.00. The zero-order valence-electron chi connectivity index (χ0n) is 24.0. The Morgan fingerprint density at radius 1 is 1.14 bits per heavy atom. The molecule has 5 rings (SSSR count). The molecular formula is C31H31Cl2FN6O2. The van der Waals surface area contributed by atoms with E-state index in [9.17, 15) is 14.0 Å². The number of hydrogen-bond donors (Lipinski definition) is 0. The zero-order valence-corrected chi connectivity index (χ0v) is 25.5. The SMILES string of the molecule is C=CC(=O)N1C[C@H](C)N(c2nc(=O)n(-c3c(C)ccnc3C(C)C)c3nc(-c4cccc(F)c4Cl)c(Cl)cc23)C[C@H]1C. The second-order valence-electron chi connectivity index (χ2n) is 10.9. The van der Waals surface area contributed by atoms with E-state index < -0.39 is 11.5 Å². The summed E-state index contributed by atoms with van der Waals surface area (Å²) in [4.78, 5) is 44.3. The van der Waals surface area contributed by atoms with Crippen LogP contribution in [0.15, 0.2) is 54.0 Å². The van der Waals surface area contributed by atoms with Gasteiger partial charge in [-0.3, -0.25) is 9.78 Å². The molecule has 4 heterocycles. The molecule has 1 aliphatic heterocycles. The minimum atomic E-state index is -0.611. The highest BCUT2D eigenvalue weighted by Crippen LogP contribution is 2.38. The summed E-state index contributed by atoms with van der Waals surface area (Å²) in [6.45, 7) is 14.2. The van der Waals surface area contributed by atoms with Gasteiger partial charge in [-0.15, -0.1) is 0 Å². The van der Waals surface area contributed by atoms with Crippen molar-refractivity contribution in [1.29, 1.82) is 0 Å². The Balaban J connectivity index is 1.84. The molecule has 0 spiro atoms. The topological polar surface area (TPSA) is 84.2 Å². The summed E-state index contributed by atoms with van der Waals surface area (Å²) >= 11 is 13.2. The highest BCUT2D eigenvalue weighted by molar-refractivity contribution is 6.36. The first-order valence-corrected chi connectivity index (χ1v) is 14.4. The van der Waals surface area contributed by atoms with E-state index in [0.29, 0.717) is 41.2 Å². The van der Waals surface area contributed by atoms with E-state index in [0.717, 1.165) is 5.56 Å². The maximum atomic E-state index is 14.5. The molecule has 2 atom stereocenters. The summed E-state index contributed by atoms with van der Waals surface area (Å²) in [5.74, 6) is -0.380. The summed E-state index contributed by atoms with van der Waals surface area (Å²) in [5.41, 5.74) is 2.36. The lowest BCUT2D eigenvalue weighted by Gasteiger charge is -2.44. The van der Waals surface area contributed by atoms with Crippen LogP contribution in [0.5, 0.6) is 0 Å². The van der Waals surface area contributed by atoms with Crippen LogP contribution in [0.4, 0.5) is 10.2 Å². The first-order chi connectivity index (χ1) is 19.9. The normalized spacial score (nSPS) is 17.3. The Hall–Kier alpha value is -3.82. The molecule has 11 heteroatoms. The number of pyridine rings is 2. The van der Waals surface area contributed by atoms with Crippen LogP contribution in [0.2, 0.25) is 10.0 Å². The number of benzene rings is 1. The number of fused-ring (bicyclic) bond motifs is 1. The number of rotatable bonds is 5.